The first-order valence-corrected chi connectivity index (χ1v) is 13.9. The Bertz CT molecular complexity index is 1370. The molecule has 0 amide bonds. The molecule has 3 aromatic rings. The van der Waals surface area contributed by atoms with Gasteiger partial charge in [-0.15, -0.1) is 0 Å². The van der Waals surface area contributed by atoms with E-state index in [1.807, 2.05) is 26.8 Å². The van der Waals surface area contributed by atoms with Gasteiger partial charge < -0.3 is 14.5 Å². The molecule has 1 aliphatic rings. The standard InChI is InChI=1S/C35H41N3O2/c1-8-35(2,3)34(39)40-24-23-36-32-22-21-31(29-11-9-10-12-30(29)32)33(25-13-17-27(18-14-25)37(4)5)26-15-19-28(20-16-26)38(6)7/h9-22H,8,23-24H2,1-7H3. The van der Waals surface area contributed by atoms with Gasteiger partial charge in [0.25, 0.3) is 0 Å². The zero-order chi connectivity index (χ0) is 28.9. The summed E-state index contributed by atoms with van der Waals surface area (Å²) in [5, 5.41) is 0. The number of fused-ring (bicyclic) bond motifs is 1. The summed E-state index contributed by atoms with van der Waals surface area (Å²) in [6.45, 7) is 6.51. The van der Waals surface area contributed by atoms with Crippen molar-refractivity contribution in [1.29, 1.82) is 0 Å². The molecule has 0 saturated carbocycles. The molecule has 0 saturated heterocycles. The van der Waals surface area contributed by atoms with Crippen molar-refractivity contribution in [3.8, 4) is 0 Å². The van der Waals surface area contributed by atoms with Crippen LogP contribution in [-0.2, 0) is 9.53 Å². The van der Waals surface area contributed by atoms with Crippen LogP contribution < -0.4 is 9.80 Å². The Morgan fingerprint density at radius 2 is 1.30 bits per heavy atom. The number of allylic oxidation sites excluding steroid dienone is 3. The highest BCUT2D eigenvalue weighted by molar-refractivity contribution is 6.19. The van der Waals surface area contributed by atoms with Crippen molar-refractivity contribution in [2.24, 2.45) is 10.4 Å². The van der Waals surface area contributed by atoms with Crippen LogP contribution in [0, 0.1) is 5.41 Å². The Morgan fingerprint density at radius 1 is 0.775 bits per heavy atom. The Balaban J connectivity index is 1.75. The molecule has 40 heavy (non-hydrogen) atoms. The summed E-state index contributed by atoms with van der Waals surface area (Å²) in [5.74, 6) is -0.176. The van der Waals surface area contributed by atoms with Gasteiger partial charge >= 0.3 is 5.97 Å². The Morgan fingerprint density at radius 3 is 1.80 bits per heavy atom. The van der Waals surface area contributed by atoms with Crippen molar-refractivity contribution in [1.82, 2.24) is 0 Å². The molecule has 0 aromatic heterocycles. The topological polar surface area (TPSA) is 45.1 Å². The third-order valence-corrected chi connectivity index (χ3v) is 7.56. The third kappa shape index (κ3) is 6.36. The summed E-state index contributed by atoms with van der Waals surface area (Å²) in [4.78, 5) is 21.4. The van der Waals surface area contributed by atoms with Crippen LogP contribution in [-0.4, -0.2) is 53.0 Å². The fourth-order valence-corrected chi connectivity index (χ4v) is 4.61. The number of carbonyl (C=O) groups is 1. The average Bonchev–Trinajstić information content (AvgIpc) is 2.96. The molecule has 0 unspecified atom stereocenters. The lowest BCUT2D eigenvalue weighted by molar-refractivity contribution is -0.153. The molecule has 0 heterocycles. The number of carbonyl (C=O) groups excluding carboxylic acids is 1. The summed E-state index contributed by atoms with van der Waals surface area (Å²) in [6.07, 6.45) is 4.99. The van der Waals surface area contributed by atoms with E-state index in [1.165, 1.54) is 5.57 Å². The van der Waals surface area contributed by atoms with Gasteiger partial charge in [-0.25, -0.2) is 0 Å². The van der Waals surface area contributed by atoms with E-state index in [4.69, 9.17) is 9.73 Å². The van der Waals surface area contributed by atoms with E-state index in [9.17, 15) is 4.79 Å². The van der Waals surface area contributed by atoms with Gasteiger partial charge in [0.2, 0.25) is 0 Å². The normalized spacial score (nSPS) is 13.7. The minimum Gasteiger partial charge on any atom is -0.463 e. The summed E-state index contributed by atoms with van der Waals surface area (Å²) in [6, 6.07) is 25.8. The SMILES string of the molecule is CCC(C)(C)C(=O)OCCN=C1C=CC(=C(c2ccc(N(C)C)cc2)c2ccc(N(C)C)cc2)c2ccccc21. The lowest BCUT2D eigenvalue weighted by atomic mass is 9.83. The van der Waals surface area contributed by atoms with Crippen LogP contribution in [0.2, 0.25) is 0 Å². The monoisotopic (exact) mass is 535 g/mol. The number of esters is 1. The molecule has 0 spiro atoms. The van der Waals surface area contributed by atoms with Crippen LogP contribution in [0.5, 0.6) is 0 Å². The second kappa shape index (κ2) is 12.4. The van der Waals surface area contributed by atoms with Gasteiger partial charge in [-0.3, -0.25) is 9.79 Å². The van der Waals surface area contributed by atoms with Crippen LogP contribution in [0.4, 0.5) is 11.4 Å². The van der Waals surface area contributed by atoms with Crippen molar-refractivity contribution in [3.05, 3.63) is 107 Å². The first kappa shape index (κ1) is 28.9. The quantitative estimate of drug-likeness (QED) is 0.216. The summed E-state index contributed by atoms with van der Waals surface area (Å²) < 4.78 is 5.52. The summed E-state index contributed by atoms with van der Waals surface area (Å²) in [5.41, 5.74) is 9.60. The predicted octanol–water partition coefficient (Wildman–Crippen LogP) is 7.12. The number of anilines is 2. The highest BCUT2D eigenvalue weighted by Crippen LogP contribution is 2.38. The van der Waals surface area contributed by atoms with Crippen molar-refractivity contribution >= 4 is 34.2 Å². The molecule has 208 valence electrons. The summed E-state index contributed by atoms with van der Waals surface area (Å²) in [7, 11) is 8.23. The average molecular weight is 536 g/mol. The van der Waals surface area contributed by atoms with E-state index in [-0.39, 0.29) is 12.6 Å². The fourth-order valence-electron chi connectivity index (χ4n) is 4.61. The van der Waals surface area contributed by atoms with Crippen LogP contribution in [0.1, 0.15) is 49.4 Å². The van der Waals surface area contributed by atoms with Crippen LogP contribution in [0.15, 0.2) is 89.9 Å². The van der Waals surface area contributed by atoms with Crippen molar-refractivity contribution in [3.63, 3.8) is 0 Å². The zero-order valence-corrected chi connectivity index (χ0v) is 24.9. The Kier molecular flexibility index (Phi) is 8.93. The molecule has 0 N–H and O–H groups in total. The molecule has 4 rings (SSSR count). The van der Waals surface area contributed by atoms with Gasteiger partial charge in [-0.1, -0.05) is 61.5 Å². The van der Waals surface area contributed by atoms with E-state index in [2.05, 4.69) is 117 Å². The molecule has 1 aliphatic carbocycles. The minimum absolute atomic E-state index is 0.176. The second-order valence-corrected chi connectivity index (χ2v) is 11.2. The van der Waals surface area contributed by atoms with E-state index >= 15 is 0 Å². The molecular weight excluding hydrogens is 494 g/mol. The van der Waals surface area contributed by atoms with E-state index in [1.54, 1.807) is 0 Å². The highest BCUT2D eigenvalue weighted by Gasteiger charge is 2.27. The predicted molar refractivity (Wildman–Crippen MR) is 169 cm³/mol. The van der Waals surface area contributed by atoms with E-state index < -0.39 is 5.41 Å². The Labute approximate surface area is 239 Å². The minimum atomic E-state index is -0.476. The number of aliphatic imine (C=N–C) groups is 1. The zero-order valence-electron chi connectivity index (χ0n) is 24.9. The highest BCUT2D eigenvalue weighted by atomic mass is 16.5. The van der Waals surface area contributed by atoms with Gasteiger partial charge in [0.05, 0.1) is 17.7 Å². The largest absolute Gasteiger partial charge is 0.463 e. The maximum absolute atomic E-state index is 12.4. The lowest BCUT2D eigenvalue weighted by Gasteiger charge is -2.22. The third-order valence-electron chi connectivity index (χ3n) is 7.56. The smallest absolute Gasteiger partial charge is 0.311 e. The number of ether oxygens (including phenoxy) is 1. The molecule has 0 aliphatic heterocycles. The number of hydrogen-bond donors (Lipinski definition) is 0. The van der Waals surface area contributed by atoms with Crippen LogP contribution >= 0.6 is 0 Å². The van der Waals surface area contributed by atoms with Crippen molar-refractivity contribution in [2.45, 2.75) is 27.2 Å². The number of benzene rings is 3. The van der Waals surface area contributed by atoms with Crippen molar-refractivity contribution < 1.29 is 9.53 Å². The first-order valence-electron chi connectivity index (χ1n) is 13.9. The van der Waals surface area contributed by atoms with Gasteiger partial charge in [0.1, 0.15) is 6.61 Å². The first-order chi connectivity index (χ1) is 19.1. The van der Waals surface area contributed by atoms with Crippen molar-refractivity contribution in [2.75, 3.05) is 51.1 Å². The summed E-state index contributed by atoms with van der Waals surface area (Å²) >= 11 is 0. The number of rotatable bonds is 9. The molecular formula is C35H41N3O2. The van der Waals surface area contributed by atoms with Gasteiger partial charge in [-0.2, -0.15) is 0 Å². The van der Waals surface area contributed by atoms with Gasteiger partial charge in [0.15, 0.2) is 0 Å². The number of nitrogens with zero attached hydrogens (tertiary/aromatic N) is 3. The van der Waals surface area contributed by atoms with Gasteiger partial charge in [-0.05, 0) is 78.4 Å². The van der Waals surface area contributed by atoms with Gasteiger partial charge in [0, 0.05) is 45.1 Å². The van der Waals surface area contributed by atoms with E-state index in [0.29, 0.717) is 6.54 Å². The Hall–Kier alpha value is -4.12. The molecule has 5 heteroatoms. The van der Waals surface area contributed by atoms with E-state index in [0.717, 1.165) is 51.3 Å². The maximum atomic E-state index is 12.4. The van der Waals surface area contributed by atoms with Crippen LogP contribution in [0.3, 0.4) is 0 Å². The molecule has 0 radical (unpaired) electrons. The maximum Gasteiger partial charge on any atom is 0.311 e. The number of hydrogen-bond acceptors (Lipinski definition) is 5. The molecule has 0 atom stereocenters. The second-order valence-electron chi connectivity index (χ2n) is 11.2. The fraction of sp³-hybridized carbons (Fsp3) is 0.314. The van der Waals surface area contributed by atoms with Crippen LogP contribution in [0.25, 0.3) is 11.1 Å². The molecule has 3 aromatic carbocycles. The molecule has 0 bridgehead atoms. The molecule has 0 fully saturated rings. The molecule has 5 nitrogen and oxygen atoms in total. The lowest BCUT2D eigenvalue weighted by Crippen LogP contribution is -2.26.